The predicted octanol–water partition coefficient (Wildman–Crippen LogP) is 4.86. The Kier molecular flexibility index (Phi) is 12.6. The molecule has 5 atom stereocenters. The summed E-state index contributed by atoms with van der Waals surface area (Å²) in [6.45, 7) is 11.9. The number of nitrogens with one attached hydrogen (secondary N) is 3. The summed E-state index contributed by atoms with van der Waals surface area (Å²) in [5, 5.41) is 8.51. The van der Waals surface area contributed by atoms with E-state index in [0.717, 1.165) is 38.9 Å². The molecule has 4 amide bonds. The first-order valence-corrected chi connectivity index (χ1v) is 22.3. The molecule has 0 radical (unpaired) electrons. The van der Waals surface area contributed by atoms with Gasteiger partial charge in [0.25, 0.3) is 11.9 Å². The van der Waals surface area contributed by atoms with Crippen LogP contribution in [-0.4, -0.2) is 106 Å². The van der Waals surface area contributed by atoms with Gasteiger partial charge in [-0.25, -0.2) is 14.5 Å². The zero-order valence-corrected chi connectivity index (χ0v) is 36.2. The molecule has 58 heavy (non-hydrogen) atoms. The summed E-state index contributed by atoms with van der Waals surface area (Å²) in [7, 11) is -1.58. The average Bonchev–Trinajstić information content (AvgIpc) is 3.49. The zero-order valence-electron chi connectivity index (χ0n) is 34.5. The van der Waals surface area contributed by atoms with E-state index in [1.807, 2.05) is 41.8 Å². The maximum Gasteiger partial charge on any atom is 0.408 e. The van der Waals surface area contributed by atoms with Crippen molar-refractivity contribution >= 4 is 56.4 Å². The number of fused-ring (bicyclic) bond motifs is 3. The van der Waals surface area contributed by atoms with Crippen molar-refractivity contribution in [1.82, 2.24) is 39.1 Å². The van der Waals surface area contributed by atoms with Gasteiger partial charge in [-0.2, -0.15) is 17.7 Å². The molecule has 3 aliphatic rings. The fraction of sp³-hybridized carbons (Fsp3) is 0.600. The molecule has 0 unspecified atom stereocenters. The molecule has 3 N–H and O–H groups in total. The largest absolute Gasteiger partial charge is 0.459 e. The minimum atomic E-state index is -4.18. The van der Waals surface area contributed by atoms with Crippen LogP contribution in [0.4, 0.5) is 4.79 Å². The molecule has 1 aliphatic carbocycles. The monoisotopic (exact) mass is 840 g/mol. The first-order valence-electron chi connectivity index (χ1n) is 20.0. The highest BCUT2D eigenvalue weighted by Gasteiger charge is 2.62. The Morgan fingerprint density at radius 1 is 1.14 bits per heavy atom. The van der Waals surface area contributed by atoms with E-state index in [0.29, 0.717) is 37.3 Å². The molecule has 2 aliphatic heterocycles. The molecule has 1 saturated heterocycles. The van der Waals surface area contributed by atoms with Gasteiger partial charge in [0, 0.05) is 43.9 Å². The second kappa shape index (κ2) is 17.0. The molecule has 2 aromatic heterocycles. The van der Waals surface area contributed by atoms with Gasteiger partial charge in [-0.05, 0) is 71.4 Å². The van der Waals surface area contributed by atoms with Crippen molar-refractivity contribution in [3.63, 3.8) is 0 Å². The summed E-state index contributed by atoms with van der Waals surface area (Å²) in [5.74, 6) is -2.21. The summed E-state index contributed by atoms with van der Waals surface area (Å²) >= 11 is 1.55. The topological polar surface area (TPSA) is 194 Å². The highest BCUT2D eigenvalue weighted by Crippen LogP contribution is 2.46. The lowest BCUT2D eigenvalue weighted by Crippen LogP contribution is -2.58. The lowest BCUT2D eigenvalue weighted by molar-refractivity contribution is -0.141. The van der Waals surface area contributed by atoms with Gasteiger partial charge >= 0.3 is 16.3 Å². The van der Waals surface area contributed by atoms with Crippen molar-refractivity contribution in [1.29, 1.82) is 0 Å². The van der Waals surface area contributed by atoms with Crippen molar-refractivity contribution < 1.29 is 37.1 Å². The quantitative estimate of drug-likeness (QED) is 0.251. The van der Waals surface area contributed by atoms with Crippen LogP contribution < -0.4 is 20.1 Å². The molecule has 1 saturated carbocycles. The van der Waals surface area contributed by atoms with E-state index in [1.54, 1.807) is 32.1 Å². The number of thiazole rings is 1. The molecule has 2 fully saturated rings. The minimum Gasteiger partial charge on any atom is -0.459 e. The van der Waals surface area contributed by atoms with Gasteiger partial charge in [-0.15, -0.1) is 11.3 Å². The van der Waals surface area contributed by atoms with E-state index >= 15 is 0 Å². The number of alkyl carbamates (subject to hydrolysis) is 1. The van der Waals surface area contributed by atoms with Crippen LogP contribution in [-0.2, 0) is 35.9 Å². The predicted molar refractivity (Wildman–Crippen MR) is 220 cm³/mol. The molecule has 0 bridgehead atoms. The van der Waals surface area contributed by atoms with Gasteiger partial charge in [0.1, 0.15) is 39.9 Å². The molecule has 0 spiro atoms. The SMILES string of the molecule is CCn1c(O[C@@H]2C[C@H]3C(=O)N[C@]4(C(=O)NS(=O)(=O)N(C)C)C[C@H]4/C=C\CCCCC[C@H](NC(=O)OC(C)(C)C)C(=O)N3C2)nc2c(-c3nc(C(C)C)cs3)cccc21. The average molecular weight is 841 g/mol. The number of aryl methyl sites for hydroxylation is 1. The molecule has 3 aromatic rings. The summed E-state index contributed by atoms with van der Waals surface area (Å²) in [5.41, 5.74) is 1.03. The third-order valence-corrected chi connectivity index (χ3v) is 13.0. The van der Waals surface area contributed by atoms with E-state index in [-0.39, 0.29) is 25.3 Å². The third kappa shape index (κ3) is 9.33. The van der Waals surface area contributed by atoms with E-state index in [1.165, 1.54) is 19.0 Å². The molecule has 1 aromatic carbocycles. The highest BCUT2D eigenvalue weighted by atomic mass is 32.2. The summed E-state index contributed by atoms with van der Waals surface area (Å²) < 4.78 is 42.6. The van der Waals surface area contributed by atoms with Crippen LogP contribution in [0, 0.1) is 5.92 Å². The molecule has 16 nitrogen and oxygen atoms in total. The standard InChI is InChI=1S/C40H56N8O8S2/c1-9-47-30-19-15-17-27(34-41-29(23-57-34)24(2)3)32(30)43-37(47)55-26-20-31-33(49)44-40(36(51)45-58(53,54)46(7)8)21-25(40)16-13-11-10-12-14-18-28(35(50)48(31)22-26)42-38(52)56-39(4,5)6/h13,15-17,19,23-26,28,31H,9-12,14,18,20-22H2,1-8H3,(H,42,52)(H,44,49)(H,45,51)/b16-13-/t25-,26-,28+,31+,40-/m1/s1. The van der Waals surface area contributed by atoms with Crippen LogP contribution in [0.15, 0.2) is 35.7 Å². The number of hydrogen-bond donors (Lipinski definition) is 3. The number of benzene rings is 1. The highest BCUT2D eigenvalue weighted by molar-refractivity contribution is 7.87. The number of imidazole rings is 1. The van der Waals surface area contributed by atoms with Crippen LogP contribution >= 0.6 is 11.3 Å². The smallest absolute Gasteiger partial charge is 0.408 e. The number of ether oxygens (including phenoxy) is 2. The van der Waals surface area contributed by atoms with E-state index in [9.17, 15) is 27.6 Å². The Labute approximate surface area is 344 Å². The van der Waals surface area contributed by atoms with Crippen molar-refractivity contribution in [2.75, 3.05) is 20.6 Å². The number of hydrogen-bond acceptors (Lipinski definition) is 11. The van der Waals surface area contributed by atoms with Crippen LogP contribution in [0.5, 0.6) is 6.01 Å². The molecular formula is C40H56N8O8S2. The Morgan fingerprint density at radius 2 is 1.90 bits per heavy atom. The number of para-hydroxylation sites is 1. The van der Waals surface area contributed by atoms with E-state index in [2.05, 4.69) is 34.6 Å². The number of nitrogens with zero attached hydrogens (tertiary/aromatic N) is 5. The van der Waals surface area contributed by atoms with E-state index < -0.39 is 69.3 Å². The Hall–Kier alpha value is -4.55. The van der Waals surface area contributed by atoms with Crippen LogP contribution in [0.25, 0.3) is 21.6 Å². The fourth-order valence-electron chi connectivity index (χ4n) is 7.43. The van der Waals surface area contributed by atoms with Crippen molar-refractivity contribution in [3.8, 4) is 16.6 Å². The third-order valence-electron chi connectivity index (χ3n) is 10.7. The first kappa shape index (κ1) is 43.0. The second-order valence-corrected chi connectivity index (χ2v) is 19.5. The van der Waals surface area contributed by atoms with Crippen molar-refractivity contribution in [2.24, 2.45) is 5.92 Å². The van der Waals surface area contributed by atoms with Gasteiger partial charge < -0.3 is 25.0 Å². The van der Waals surface area contributed by atoms with E-state index in [4.69, 9.17) is 19.4 Å². The molecule has 316 valence electrons. The lowest BCUT2D eigenvalue weighted by atomic mass is 10.0. The van der Waals surface area contributed by atoms with Crippen molar-refractivity contribution in [3.05, 3.63) is 41.4 Å². The van der Waals surface area contributed by atoms with Gasteiger partial charge in [-0.1, -0.05) is 44.9 Å². The normalized spacial score (nSPS) is 25.0. The summed E-state index contributed by atoms with van der Waals surface area (Å²) in [6, 6.07) is 4.05. The maximum atomic E-state index is 14.6. The molecule has 18 heteroatoms. The number of allylic oxidation sites excluding steroid dienone is 1. The molecule has 6 rings (SSSR count). The minimum absolute atomic E-state index is 0.0229. The zero-order chi connectivity index (χ0) is 42.2. The fourth-order valence-corrected chi connectivity index (χ4v) is 9.04. The number of aromatic nitrogens is 3. The van der Waals surface area contributed by atoms with Gasteiger partial charge in [0.15, 0.2) is 0 Å². The molecule has 4 heterocycles. The maximum absolute atomic E-state index is 14.6. The van der Waals surface area contributed by atoms with Gasteiger partial charge in [-0.3, -0.25) is 19.0 Å². The Bertz CT molecular complexity index is 2170. The number of carbonyl (C=O) groups is 4. The Balaban J connectivity index is 1.34. The second-order valence-electron chi connectivity index (χ2n) is 16.8. The number of amides is 4. The van der Waals surface area contributed by atoms with Gasteiger partial charge in [0.05, 0.1) is 17.8 Å². The summed E-state index contributed by atoms with van der Waals surface area (Å²) in [4.78, 5) is 67.1. The van der Waals surface area contributed by atoms with Crippen LogP contribution in [0.2, 0.25) is 0 Å². The lowest BCUT2D eigenvalue weighted by Gasteiger charge is -2.30. The van der Waals surface area contributed by atoms with Crippen LogP contribution in [0.3, 0.4) is 0 Å². The number of carbonyl (C=O) groups excluding carboxylic acids is 4. The first-order chi connectivity index (χ1) is 27.3. The Morgan fingerprint density at radius 3 is 2.57 bits per heavy atom. The van der Waals surface area contributed by atoms with Crippen LogP contribution in [0.1, 0.15) is 98.1 Å². The number of rotatable bonds is 9. The molecular weight excluding hydrogens is 785 g/mol. The van der Waals surface area contributed by atoms with Gasteiger partial charge in [0.2, 0.25) is 11.8 Å². The summed E-state index contributed by atoms with van der Waals surface area (Å²) in [6.07, 6.45) is 5.64. The van der Waals surface area contributed by atoms with Crippen molar-refractivity contribution in [2.45, 2.75) is 128 Å².